The number of aliphatic hydroxyl groups is 1. The highest BCUT2D eigenvalue weighted by molar-refractivity contribution is 5.89. The molecule has 0 aliphatic carbocycles. The number of carbonyl (C=O) groups is 2. The van der Waals surface area contributed by atoms with Crippen LogP contribution in [0.15, 0.2) is 42.5 Å². The summed E-state index contributed by atoms with van der Waals surface area (Å²) in [6, 6.07) is 13.1. The van der Waals surface area contributed by atoms with E-state index in [1.165, 1.54) is 14.2 Å². The molecule has 0 radical (unpaired) electrons. The molecule has 6 heteroatoms. The third kappa shape index (κ3) is 8.06. The number of ether oxygens (including phenoxy) is 3. The molecule has 0 bridgehead atoms. The van der Waals surface area contributed by atoms with Crippen molar-refractivity contribution in [2.24, 2.45) is 0 Å². The Hall–Kier alpha value is -2.86. The number of benzene rings is 2. The zero-order valence-electron chi connectivity index (χ0n) is 18.4. The van der Waals surface area contributed by atoms with Crippen LogP contribution in [0.2, 0.25) is 0 Å². The van der Waals surface area contributed by atoms with Crippen molar-refractivity contribution in [3.05, 3.63) is 64.7 Å². The lowest BCUT2D eigenvalue weighted by Crippen LogP contribution is -2.07. The first-order valence-corrected chi connectivity index (χ1v) is 10.7. The van der Waals surface area contributed by atoms with Gasteiger partial charge in [0.2, 0.25) is 0 Å². The van der Waals surface area contributed by atoms with Gasteiger partial charge in [-0.2, -0.15) is 0 Å². The SMILES string of the molecule is COC(=O)CCc1c(CCCCCCO)cccc1OCc1cccc(C(=O)OC)c1. The standard InChI is InChI=1S/C25H32O6/c1-29-24(27)15-14-22-20(10-5-3-4-6-16-26)11-8-13-23(22)31-18-19-9-7-12-21(17-19)25(28)30-2/h7-9,11-13,17,26H,3-6,10,14-16,18H2,1-2H3. The molecule has 0 saturated heterocycles. The van der Waals surface area contributed by atoms with Crippen LogP contribution in [0.25, 0.3) is 0 Å². The number of esters is 2. The summed E-state index contributed by atoms with van der Waals surface area (Å²) in [4.78, 5) is 23.5. The molecule has 2 aromatic rings. The Morgan fingerprint density at radius 1 is 0.903 bits per heavy atom. The Balaban J connectivity index is 2.13. The van der Waals surface area contributed by atoms with Crippen molar-refractivity contribution in [2.45, 2.75) is 51.6 Å². The van der Waals surface area contributed by atoms with Gasteiger partial charge in [0.1, 0.15) is 12.4 Å². The van der Waals surface area contributed by atoms with E-state index in [0.29, 0.717) is 18.6 Å². The number of aryl methyl sites for hydroxylation is 1. The van der Waals surface area contributed by atoms with Crippen LogP contribution in [0.1, 0.15) is 59.2 Å². The summed E-state index contributed by atoms with van der Waals surface area (Å²) in [5, 5.41) is 8.94. The quantitative estimate of drug-likeness (QED) is 0.379. The molecular weight excluding hydrogens is 396 g/mol. The highest BCUT2D eigenvalue weighted by atomic mass is 16.5. The van der Waals surface area contributed by atoms with Gasteiger partial charge < -0.3 is 19.3 Å². The molecule has 168 valence electrons. The molecule has 2 rings (SSSR count). The Bertz CT molecular complexity index is 846. The molecule has 0 unspecified atom stereocenters. The maximum Gasteiger partial charge on any atom is 0.337 e. The van der Waals surface area contributed by atoms with Crippen LogP contribution in [-0.4, -0.2) is 37.9 Å². The number of hydrogen-bond acceptors (Lipinski definition) is 6. The van der Waals surface area contributed by atoms with Crippen LogP contribution >= 0.6 is 0 Å². The van der Waals surface area contributed by atoms with E-state index in [1.54, 1.807) is 18.2 Å². The molecule has 0 heterocycles. The number of rotatable bonds is 13. The second kappa shape index (κ2) is 13.4. The second-order valence-electron chi connectivity index (χ2n) is 7.34. The summed E-state index contributed by atoms with van der Waals surface area (Å²) in [6.45, 7) is 0.529. The molecule has 1 N–H and O–H groups in total. The number of hydrogen-bond donors (Lipinski definition) is 1. The van der Waals surface area contributed by atoms with Crippen molar-refractivity contribution in [2.75, 3.05) is 20.8 Å². The fourth-order valence-electron chi connectivity index (χ4n) is 3.44. The summed E-state index contributed by atoms with van der Waals surface area (Å²) >= 11 is 0. The van der Waals surface area contributed by atoms with E-state index in [0.717, 1.165) is 54.5 Å². The van der Waals surface area contributed by atoms with E-state index in [2.05, 4.69) is 6.07 Å². The Morgan fingerprint density at radius 2 is 1.68 bits per heavy atom. The molecule has 6 nitrogen and oxygen atoms in total. The van der Waals surface area contributed by atoms with Crippen molar-refractivity contribution in [3.8, 4) is 5.75 Å². The molecule has 0 atom stereocenters. The van der Waals surface area contributed by atoms with Crippen LogP contribution in [0.4, 0.5) is 0 Å². The van der Waals surface area contributed by atoms with Crippen LogP contribution < -0.4 is 4.74 Å². The van der Waals surface area contributed by atoms with Gasteiger partial charge in [-0.05, 0) is 60.6 Å². The van der Waals surface area contributed by atoms with Crippen LogP contribution in [0.3, 0.4) is 0 Å². The molecule has 0 spiro atoms. The van der Waals surface area contributed by atoms with Crippen molar-refractivity contribution in [1.82, 2.24) is 0 Å². The second-order valence-corrected chi connectivity index (χ2v) is 7.34. The third-order valence-corrected chi connectivity index (χ3v) is 5.13. The zero-order valence-corrected chi connectivity index (χ0v) is 18.4. The molecule has 0 aliphatic heterocycles. The van der Waals surface area contributed by atoms with Gasteiger partial charge in [-0.25, -0.2) is 4.79 Å². The van der Waals surface area contributed by atoms with Crippen molar-refractivity contribution >= 4 is 11.9 Å². The highest BCUT2D eigenvalue weighted by Crippen LogP contribution is 2.27. The van der Waals surface area contributed by atoms with Gasteiger partial charge in [0.05, 0.1) is 19.8 Å². The van der Waals surface area contributed by atoms with E-state index < -0.39 is 0 Å². The lowest BCUT2D eigenvalue weighted by Gasteiger charge is -2.16. The molecule has 0 aliphatic rings. The van der Waals surface area contributed by atoms with Gasteiger partial charge in [-0.1, -0.05) is 37.1 Å². The average Bonchev–Trinajstić information content (AvgIpc) is 2.81. The fourth-order valence-corrected chi connectivity index (χ4v) is 3.44. The topological polar surface area (TPSA) is 82.1 Å². The molecule has 31 heavy (non-hydrogen) atoms. The maximum atomic E-state index is 11.8. The minimum Gasteiger partial charge on any atom is -0.489 e. The van der Waals surface area contributed by atoms with E-state index in [1.807, 2.05) is 18.2 Å². The van der Waals surface area contributed by atoms with Gasteiger partial charge in [0.15, 0.2) is 0 Å². The van der Waals surface area contributed by atoms with Crippen LogP contribution in [0.5, 0.6) is 5.75 Å². The van der Waals surface area contributed by atoms with E-state index >= 15 is 0 Å². The lowest BCUT2D eigenvalue weighted by molar-refractivity contribution is -0.140. The van der Waals surface area contributed by atoms with Crippen molar-refractivity contribution in [3.63, 3.8) is 0 Å². The first-order chi connectivity index (χ1) is 15.1. The highest BCUT2D eigenvalue weighted by Gasteiger charge is 2.13. The number of carbonyl (C=O) groups excluding carboxylic acids is 2. The molecule has 0 fully saturated rings. The number of aliphatic hydroxyl groups excluding tert-OH is 1. The fraction of sp³-hybridized carbons (Fsp3) is 0.440. The van der Waals surface area contributed by atoms with Crippen LogP contribution in [-0.2, 0) is 33.7 Å². The first-order valence-electron chi connectivity index (χ1n) is 10.7. The van der Waals surface area contributed by atoms with Gasteiger partial charge in [-0.15, -0.1) is 0 Å². The van der Waals surface area contributed by atoms with Gasteiger partial charge in [-0.3, -0.25) is 4.79 Å². The van der Waals surface area contributed by atoms with Gasteiger partial charge in [0.25, 0.3) is 0 Å². The van der Waals surface area contributed by atoms with Crippen molar-refractivity contribution in [1.29, 1.82) is 0 Å². The summed E-state index contributed by atoms with van der Waals surface area (Å²) in [5.74, 6) is 0.0959. The maximum absolute atomic E-state index is 11.8. The van der Waals surface area contributed by atoms with Gasteiger partial charge in [0, 0.05) is 13.0 Å². The van der Waals surface area contributed by atoms with Gasteiger partial charge >= 0.3 is 11.9 Å². The predicted octanol–water partition coefficient (Wildman–Crippen LogP) is 4.25. The molecule has 2 aromatic carbocycles. The zero-order chi connectivity index (χ0) is 22.5. The predicted molar refractivity (Wildman–Crippen MR) is 118 cm³/mol. The van der Waals surface area contributed by atoms with Crippen LogP contribution in [0, 0.1) is 0 Å². The molecular formula is C25H32O6. The minimum absolute atomic E-state index is 0.227. The largest absolute Gasteiger partial charge is 0.489 e. The van der Waals surface area contributed by atoms with Crippen molar-refractivity contribution < 1.29 is 28.9 Å². The third-order valence-electron chi connectivity index (χ3n) is 5.13. The first kappa shape index (κ1) is 24.4. The molecule has 0 amide bonds. The lowest BCUT2D eigenvalue weighted by atomic mass is 9.96. The van der Waals surface area contributed by atoms with E-state index in [-0.39, 0.29) is 25.0 Å². The summed E-state index contributed by atoms with van der Waals surface area (Å²) in [5.41, 5.74) is 3.51. The van der Waals surface area contributed by atoms with E-state index in [4.69, 9.17) is 19.3 Å². The average molecular weight is 429 g/mol. The Morgan fingerprint density at radius 3 is 2.42 bits per heavy atom. The Labute approximate surface area is 184 Å². The monoisotopic (exact) mass is 428 g/mol. The summed E-state index contributed by atoms with van der Waals surface area (Å²) in [6.07, 6.45) is 5.59. The summed E-state index contributed by atoms with van der Waals surface area (Å²) < 4.78 is 15.7. The Kier molecular flexibility index (Phi) is 10.6. The minimum atomic E-state index is -0.385. The molecule has 0 saturated carbocycles. The molecule has 0 aromatic heterocycles. The summed E-state index contributed by atoms with van der Waals surface area (Å²) in [7, 11) is 2.75. The number of methoxy groups -OCH3 is 2. The van der Waals surface area contributed by atoms with E-state index in [9.17, 15) is 9.59 Å². The normalized spacial score (nSPS) is 10.5. The smallest absolute Gasteiger partial charge is 0.337 e. The number of unbranched alkanes of at least 4 members (excludes halogenated alkanes) is 3.